The Morgan fingerprint density at radius 3 is 2.61 bits per heavy atom. The lowest BCUT2D eigenvalue weighted by Gasteiger charge is -2.20. The van der Waals surface area contributed by atoms with E-state index in [4.69, 9.17) is 14.2 Å². The van der Waals surface area contributed by atoms with Gasteiger partial charge in [0, 0.05) is 32.6 Å². The molecule has 1 N–H and O–H groups in total. The summed E-state index contributed by atoms with van der Waals surface area (Å²) in [4.78, 5) is 14.6. The van der Waals surface area contributed by atoms with E-state index in [0.717, 1.165) is 61.3 Å². The standard InChI is InChI=1S/C24H29N5O4/c1-31-20-9-8-18(14-21(20)32-2)16-28-11-10-22-26-27-23(29(22)13-12-28)15-25-24(30)17-33-19-6-4-3-5-7-19/h3-9,14H,10-13,15-17H2,1-2H3,(H,25,30). The fourth-order valence-corrected chi connectivity index (χ4v) is 3.85. The largest absolute Gasteiger partial charge is 0.493 e. The number of nitrogens with zero attached hydrogens (tertiary/aromatic N) is 4. The van der Waals surface area contributed by atoms with E-state index in [1.54, 1.807) is 14.2 Å². The first-order chi connectivity index (χ1) is 16.2. The first-order valence-electron chi connectivity index (χ1n) is 10.9. The van der Waals surface area contributed by atoms with Crippen molar-refractivity contribution in [2.45, 2.75) is 26.1 Å². The molecule has 0 radical (unpaired) electrons. The topological polar surface area (TPSA) is 90.7 Å². The Kier molecular flexibility index (Phi) is 7.41. The maximum Gasteiger partial charge on any atom is 0.258 e. The minimum Gasteiger partial charge on any atom is -0.493 e. The van der Waals surface area contributed by atoms with Crippen LogP contribution >= 0.6 is 0 Å². The molecule has 2 aromatic carbocycles. The van der Waals surface area contributed by atoms with E-state index in [1.165, 1.54) is 0 Å². The number of carbonyl (C=O) groups is 1. The molecule has 0 bridgehead atoms. The summed E-state index contributed by atoms with van der Waals surface area (Å²) in [5.41, 5.74) is 1.16. The minimum absolute atomic E-state index is 0.0376. The summed E-state index contributed by atoms with van der Waals surface area (Å²) >= 11 is 0. The molecule has 9 heteroatoms. The number of carbonyl (C=O) groups excluding carboxylic acids is 1. The minimum atomic E-state index is -0.195. The maximum atomic E-state index is 12.2. The SMILES string of the molecule is COc1ccc(CN2CCc3nnc(CNC(=O)COc4ccccc4)n3CC2)cc1OC. The molecule has 1 amide bonds. The smallest absolute Gasteiger partial charge is 0.258 e. The maximum absolute atomic E-state index is 12.2. The lowest BCUT2D eigenvalue weighted by Crippen LogP contribution is -2.30. The van der Waals surface area contributed by atoms with Gasteiger partial charge in [-0.05, 0) is 29.8 Å². The van der Waals surface area contributed by atoms with Gasteiger partial charge < -0.3 is 24.1 Å². The van der Waals surface area contributed by atoms with Crippen LogP contribution in [0, 0.1) is 0 Å². The third-order valence-electron chi connectivity index (χ3n) is 5.61. The van der Waals surface area contributed by atoms with Crippen LogP contribution in [0.2, 0.25) is 0 Å². The van der Waals surface area contributed by atoms with Gasteiger partial charge in [-0.25, -0.2) is 0 Å². The van der Waals surface area contributed by atoms with E-state index in [1.807, 2.05) is 42.5 Å². The molecule has 0 unspecified atom stereocenters. The lowest BCUT2D eigenvalue weighted by atomic mass is 10.2. The molecule has 3 aromatic rings. The van der Waals surface area contributed by atoms with Crippen molar-refractivity contribution in [2.24, 2.45) is 0 Å². The number of rotatable bonds is 9. The number of ether oxygens (including phenoxy) is 3. The molecule has 1 aromatic heterocycles. The molecule has 4 rings (SSSR count). The van der Waals surface area contributed by atoms with Gasteiger partial charge in [0.05, 0.1) is 20.8 Å². The second-order valence-electron chi connectivity index (χ2n) is 7.78. The molecule has 174 valence electrons. The molecule has 9 nitrogen and oxygen atoms in total. The van der Waals surface area contributed by atoms with Crippen LogP contribution in [-0.2, 0) is 30.8 Å². The van der Waals surface area contributed by atoms with Gasteiger partial charge in [-0.1, -0.05) is 24.3 Å². The molecule has 0 aliphatic carbocycles. The highest BCUT2D eigenvalue weighted by atomic mass is 16.5. The number of hydrogen-bond acceptors (Lipinski definition) is 7. The summed E-state index contributed by atoms with van der Waals surface area (Å²) in [5.74, 6) is 3.62. The number of methoxy groups -OCH3 is 2. The van der Waals surface area contributed by atoms with Crippen LogP contribution < -0.4 is 19.5 Å². The van der Waals surface area contributed by atoms with Crippen LogP contribution in [0.25, 0.3) is 0 Å². The Balaban J connectivity index is 1.30. The number of amides is 1. The number of para-hydroxylation sites is 1. The third-order valence-corrected chi connectivity index (χ3v) is 5.61. The van der Waals surface area contributed by atoms with Crippen LogP contribution in [-0.4, -0.2) is 59.5 Å². The Bertz CT molecular complexity index is 1070. The molecule has 0 saturated carbocycles. The highest BCUT2D eigenvalue weighted by Crippen LogP contribution is 2.28. The van der Waals surface area contributed by atoms with E-state index in [9.17, 15) is 4.79 Å². The molecule has 0 fully saturated rings. The van der Waals surface area contributed by atoms with Crippen molar-refractivity contribution < 1.29 is 19.0 Å². The highest BCUT2D eigenvalue weighted by molar-refractivity contribution is 5.77. The summed E-state index contributed by atoms with van der Waals surface area (Å²) < 4.78 is 18.4. The van der Waals surface area contributed by atoms with Crippen molar-refractivity contribution in [3.63, 3.8) is 0 Å². The summed E-state index contributed by atoms with van der Waals surface area (Å²) in [6.07, 6.45) is 0.797. The first-order valence-corrected chi connectivity index (χ1v) is 10.9. The second kappa shape index (κ2) is 10.8. The number of nitrogens with one attached hydrogen (secondary N) is 1. The number of fused-ring (bicyclic) bond motifs is 1. The van der Waals surface area contributed by atoms with E-state index >= 15 is 0 Å². The van der Waals surface area contributed by atoms with Gasteiger partial charge in [0.15, 0.2) is 23.9 Å². The average molecular weight is 452 g/mol. The summed E-state index contributed by atoms with van der Waals surface area (Å²) in [6, 6.07) is 15.3. The second-order valence-corrected chi connectivity index (χ2v) is 7.78. The van der Waals surface area contributed by atoms with Crippen molar-refractivity contribution >= 4 is 5.91 Å². The molecule has 1 aliphatic rings. The summed E-state index contributed by atoms with van der Waals surface area (Å²) in [5, 5.41) is 11.5. The molecular formula is C24H29N5O4. The van der Waals surface area contributed by atoms with Crippen molar-refractivity contribution in [2.75, 3.05) is 33.9 Å². The van der Waals surface area contributed by atoms with Crippen molar-refractivity contribution in [1.29, 1.82) is 0 Å². The zero-order valence-electron chi connectivity index (χ0n) is 19.0. The molecular weight excluding hydrogens is 422 g/mol. The Morgan fingerprint density at radius 1 is 1.00 bits per heavy atom. The van der Waals surface area contributed by atoms with Gasteiger partial charge in [-0.15, -0.1) is 10.2 Å². The zero-order chi connectivity index (χ0) is 23.0. The average Bonchev–Trinajstić information content (AvgIpc) is 3.14. The van der Waals surface area contributed by atoms with Crippen molar-refractivity contribution in [3.05, 3.63) is 65.7 Å². The van der Waals surface area contributed by atoms with Crippen molar-refractivity contribution in [1.82, 2.24) is 25.0 Å². The number of benzene rings is 2. The van der Waals surface area contributed by atoms with E-state index in [0.29, 0.717) is 12.3 Å². The fourth-order valence-electron chi connectivity index (χ4n) is 3.85. The van der Waals surface area contributed by atoms with Gasteiger partial charge in [0.1, 0.15) is 11.6 Å². The number of aromatic nitrogens is 3. The van der Waals surface area contributed by atoms with E-state index in [-0.39, 0.29) is 12.5 Å². The van der Waals surface area contributed by atoms with Gasteiger partial charge in [0.25, 0.3) is 5.91 Å². The quantitative estimate of drug-likeness (QED) is 0.532. The van der Waals surface area contributed by atoms with Gasteiger partial charge in [-0.2, -0.15) is 0 Å². The molecule has 0 spiro atoms. The first kappa shape index (κ1) is 22.6. The number of hydrogen-bond donors (Lipinski definition) is 1. The van der Waals surface area contributed by atoms with Gasteiger partial charge in [0.2, 0.25) is 0 Å². The van der Waals surface area contributed by atoms with Crippen LogP contribution in [0.4, 0.5) is 0 Å². The molecule has 2 heterocycles. The van der Waals surface area contributed by atoms with Crippen LogP contribution in [0.5, 0.6) is 17.2 Å². The zero-order valence-corrected chi connectivity index (χ0v) is 19.0. The molecule has 0 saturated heterocycles. The fraction of sp³-hybridized carbons (Fsp3) is 0.375. The highest BCUT2D eigenvalue weighted by Gasteiger charge is 2.19. The molecule has 1 aliphatic heterocycles. The third kappa shape index (κ3) is 5.81. The predicted molar refractivity (Wildman–Crippen MR) is 122 cm³/mol. The van der Waals surface area contributed by atoms with Gasteiger partial charge in [-0.3, -0.25) is 9.69 Å². The normalized spacial score (nSPS) is 13.6. The van der Waals surface area contributed by atoms with Gasteiger partial charge >= 0.3 is 0 Å². The monoisotopic (exact) mass is 451 g/mol. The van der Waals surface area contributed by atoms with Crippen LogP contribution in [0.15, 0.2) is 48.5 Å². The Labute approximate surface area is 193 Å². The van der Waals surface area contributed by atoms with E-state index < -0.39 is 0 Å². The summed E-state index contributed by atoms with van der Waals surface area (Å²) in [7, 11) is 3.28. The van der Waals surface area contributed by atoms with Crippen LogP contribution in [0.3, 0.4) is 0 Å². The Hall–Kier alpha value is -3.59. The Morgan fingerprint density at radius 2 is 1.82 bits per heavy atom. The van der Waals surface area contributed by atoms with E-state index in [2.05, 4.69) is 31.0 Å². The molecule has 0 atom stereocenters. The predicted octanol–water partition coefficient (Wildman–Crippen LogP) is 2.05. The van der Waals surface area contributed by atoms with Crippen LogP contribution in [0.1, 0.15) is 17.2 Å². The lowest BCUT2D eigenvalue weighted by molar-refractivity contribution is -0.123. The van der Waals surface area contributed by atoms with Crippen molar-refractivity contribution in [3.8, 4) is 17.2 Å². The summed E-state index contributed by atoms with van der Waals surface area (Å²) in [6.45, 7) is 3.59. The molecule has 33 heavy (non-hydrogen) atoms.